The molecule has 1 N–H and O–H groups in total. The average Bonchev–Trinajstić information content (AvgIpc) is 2.64. The van der Waals surface area contributed by atoms with Gasteiger partial charge in [0.1, 0.15) is 11.5 Å². The molecule has 6 nitrogen and oxygen atoms in total. The quantitative estimate of drug-likeness (QED) is 0.723. The summed E-state index contributed by atoms with van der Waals surface area (Å²) in [5.74, 6) is -0.239. The van der Waals surface area contributed by atoms with Crippen molar-refractivity contribution in [1.29, 1.82) is 0 Å². The Balaban J connectivity index is 1.89. The monoisotopic (exact) mass is 397 g/mol. The zero-order chi connectivity index (χ0) is 19.1. The van der Waals surface area contributed by atoms with Crippen LogP contribution in [0.25, 0.3) is 0 Å². The molecular formula is C18H17Cl2NO5. The van der Waals surface area contributed by atoms with Gasteiger partial charge in [0.05, 0.1) is 19.8 Å². The van der Waals surface area contributed by atoms with E-state index in [-0.39, 0.29) is 12.1 Å². The Morgan fingerprint density at radius 2 is 1.65 bits per heavy atom. The Kier molecular flexibility index (Phi) is 7.12. The molecule has 0 aliphatic rings. The number of methoxy groups -OCH3 is 2. The van der Waals surface area contributed by atoms with Gasteiger partial charge < -0.3 is 19.5 Å². The van der Waals surface area contributed by atoms with E-state index in [0.29, 0.717) is 27.1 Å². The number of rotatable bonds is 7. The van der Waals surface area contributed by atoms with E-state index in [1.54, 1.807) is 24.3 Å². The molecule has 0 spiro atoms. The van der Waals surface area contributed by atoms with Crippen molar-refractivity contribution >= 4 is 35.1 Å². The minimum Gasteiger partial charge on any atom is -0.497 e. The normalized spacial score (nSPS) is 10.2. The van der Waals surface area contributed by atoms with Crippen LogP contribution >= 0.6 is 23.2 Å². The third-order valence-electron chi connectivity index (χ3n) is 3.41. The number of carbonyl (C=O) groups excluding carboxylic acids is 2. The zero-order valence-electron chi connectivity index (χ0n) is 14.2. The van der Waals surface area contributed by atoms with Gasteiger partial charge in [0, 0.05) is 22.7 Å². The van der Waals surface area contributed by atoms with E-state index >= 15 is 0 Å². The highest BCUT2D eigenvalue weighted by Gasteiger charge is 2.13. The second kappa shape index (κ2) is 9.31. The van der Waals surface area contributed by atoms with Crippen LogP contribution in [0.2, 0.25) is 10.0 Å². The van der Waals surface area contributed by atoms with Crippen molar-refractivity contribution < 1.29 is 23.8 Å². The van der Waals surface area contributed by atoms with Gasteiger partial charge in [-0.3, -0.25) is 4.79 Å². The van der Waals surface area contributed by atoms with Crippen LogP contribution in [-0.4, -0.2) is 32.7 Å². The molecule has 0 saturated carbocycles. The molecule has 1 amide bonds. The molecule has 0 fully saturated rings. The lowest BCUT2D eigenvalue weighted by molar-refractivity contribution is -0.124. The van der Waals surface area contributed by atoms with Crippen LogP contribution in [-0.2, 0) is 16.1 Å². The number of halogens is 2. The van der Waals surface area contributed by atoms with Gasteiger partial charge >= 0.3 is 5.97 Å². The average molecular weight is 398 g/mol. The molecule has 0 aliphatic carbocycles. The summed E-state index contributed by atoms with van der Waals surface area (Å²) in [6.45, 7) is -0.233. The van der Waals surface area contributed by atoms with Gasteiger partial charge in [-0.1, -0.05) is 29.3 Å². The molecule has 2 aromatic rings. The molecule has 0 bridgehead atoms. The Hall–Kier alpha value is -2.44. The molecule has 0 aromatic heterocycles. The number of esters is 1. The van der Waals surface area contributed by atoms with Gasteiger partial charge in [-0.25, -0.2) is 4.79 Å². The fourth-order valence-electron chi connectivity index (χ4n) is 2.05. The lowest BCUT2D eigenvalue weighted by Gasteiger charge is -2.10. The van der Waals surface area contributed by atoms with Crippen LogP contribution in [0.15, 0.2) is 36.4 Å². The van der Waals surface area contributed by atoms with E-state index < -0.39 is 18.5 Å². The topological polar surface area (TPSA) is 73.9 Å². The molecule has 0 heterocycles. The molecule has 0 radical (unpaired) electrons. The molecule has 8 heteroatoms. The molecule has 2 rings (SSSR count). The molecule has 138 valence electrons. The summed E-state index contributed by atoms with van der Waals surface area (Å²) in [6.07, 6.45) is 0. The molecule has 0 aliphatic heterocycles. The van der Waals surface area contributed by atoms with Gasteiger partial charge in [0.25, 0.3) is 5.91 Å². The van der Waals surface area contributed by atoms with Crippen molar-refractivity contribution in [3.05, 3.63) is 57.6 Å². The fourth-order valence-corrected chi connectivity index (χ4v) is 2.52. The van der Waals surface area contributed by atoms with Crippen LogP contribution in [0.3, 0.4) is 0 Å². The summed E-state index contributed by atoms with van der Waals surface area (Å²) in [7, 11) is 2.94. The highest BCUT2D eigenvalue weighted by molar-refractivity contribution is 6.35. The first-order valence-electron chi connectivity index (χ1n) is 7.53. The van der Waals surface area contributed by atoms with Gasteiger partial charge in [-0.05, 0) is 29.8 Å². The fraction of sp³-hybridized carbons (Fsp3) is 0.222. The first-order chi connectivity index (χ1) is 12.4. The van der Waals surface area contributed by atoms with Crippen LogP contribution < -0.4 is 14.8 Å². The van der Waals surface area contributed by atoms with Crippen molar-refractivity contribution in [3.63, 3.8) is 0 Å². The van der Waals surface area contributed by atoms with E-state index in [0.717, 1.165) is 0 Å². The van der Waals surface area contributed by atoms with E-state index in [1.807, 2.05) is 0 Å². The van der Waals surface area contributed by atoms with Gasteiger partial charge in [-0.15, -0.1) is 0 Å². The zero-order valence-corrected chi connectivity index (χ0v) is 15.7. The second-order valence-corrected chi connectivity index (χ2v) is 6.03. The lowest BCUT2D eigenvalue weighted by Crippen LogP contribution is -2.28. The Morgan fingerprint density at radius 3 is 2.23 bits per heavy atom. The van der Waals surface area contributed by atoms with E-state index in [4.69, 9.17) is 37.4 Å². The number of benzene rings is 2. The SMILES string of the molecule is COc1cc(OC)cc(C(=O)OCC(=O)NCc2ccc(Cl)cc2Cl)c1. The Morgan fingerprint density at radius 1 is 1.00 bits per heavy atom. The summed E-state index contributed by atoms with van der Waals surface area (Å²) in [4.78, 5) is 24.0. The molecular weight excluding hydrogens is 381 g/mol. The van der Waals surface area contributed by atoms with Crippen LogP contribution in [0.4, 0.5) is 0 Å². The lowest BCUT2D eigenvalue weighted by atomic mass is 10.2. The molecule has 0 unspecified atom stereocenters. The molecule has 0 saturated heterocycles. The molecule has 26 heavy (non-hydrogen) atoms. The summed E-state index contributed by atoms with van der Waals surface area (Å²) in [5, 5.41) is 3.57. The van der Waals surface area contributed by atoms with Gasteiger partial charge in [-0.2, -0.15) is 0 Å². The van der Waals surface area contributed by atoms with Crippen molar-refractivity contribution in [2.45, 2.75) is 6.54 Å². The van der Waals surface area contributed by atoms with Crippen molar-refractivity contribution in [1.82, 2.24) is 5.32 Å². The van der Waals surface area contributed by atoms with Crippen LogP contribution in [0.5, 0.6) is 11.5 Å². The second-order valence-electron chi connectivity index (χ2n) is 5.19. The third kappa shape index (κ3) is 5.54. The van der Waals surface area contributed by atoms with E-state index in [1.165, 1.54) is 26.4 Å². The maximum absolute atomic E-state index is 12.1. The Bertz CT molecular complexity index is 788. The molecule has 2 aromatic carbocycles. The number of carbonyl (C=O) groups is 2. The van der Waals surface area contributed by atoms with Crippen molar-refractivity contribution in [3.8, 4) is 11.5 Å². The summed E-state index contributed by atoms with van der Waals surface area (Å²) in [5.41, 5.74) is 0.919. The van der Waals surface area contributed by atoms with Crippen molar-refractivity contribution in [2.24, 2.45) is 0 Å². The summed E-state index contributed by atoms with van der Waals surface area (Å²) < 4.78 is 15.2. The number of ether oxygens (including phenoxy) is 3. The maximum Gasteiger partial charge on any atom is 0.338 e. The van der Waals surface area contributed by atoms with Gasteiger partial charge in [0.15, 0.2) is 6.61 Å². The number of nitrogens with one attached hydrogen (secondary N) is 1. The highest BCUT2D eigenvalue weighted by atomic mass is 35.5. The third-order valence-corrected chi connectivity index (χ3v) is 4.00. The van der Waals surface area contributed by atoms with Crippen LogP contribution in [0.1, 0.15) is 15.9 Å². The maximum atomic E-state index is 12.1. The minimum absolute atomic E-state index is 0.194. The highest BCUT2D eigenvalue weighted by Crippen LogP contribution is 2.23. The predicted molar refractivity (Wildman–Crippen MR) is 98.1 cm³/mol. The number of hydrogen-bond acceptors (Lipinski definition) is 5. The van der Waals surface area contributed by atoms with E-state index in [2.05, 4.69) is 5.32 Å². The number of amides is 1. The smallest absolute Gasteiger partial charge is 0.338 e. The largest absolute Gasteiger partial charge is 0.497 e. The minimum atomic E-state index is -0.665. The summed E-state index contributed by atoms with van der Waals surface area (Å²) in [6, 6.07) is 9.58. The summed E-state index contributed by atoms with van der Waals surface area (Å²) >= 11 is 11.9. The Labute approximate surface area is 160 Å². The van der Waals surface area contributed by atoms with Crippen LogP contribution in [0, 0.1) is 0 Å². The standard InChI is InChI=1S/C18H17Cl2NO5/c1-24-14-5-12(6-15(8-14)25-2)18(23)26-10-17(22)21-9-11-3-4-13(19)7-16(11)20/h3-8H,9-10H2,1-2H3,(H,21,22). The predicted octanol–water partition coefficient (Wildman–Crippen LogP) is 3.48. The number of hydrogen-bond donors (Lipinski definition) is 1. The molecule has 0 atom stereocenters. The van der Waals surface area contributed by atoms with Gasteiger partial charge in [0.2, 0.25) is 0 Å². The first kappa shape index (κ1) is 19.9. The van der Waals surface area contributed by atoms with Crippen molar-refractivity contribution in [2.75, 3.05) is 20.8 Å². The first-order valence-corrected chi connectivity index (χ1v) is 8.29. The van der Waals surface area contributed by atoms with E-state index in [9.17, 15) is 9.59 Å².